The van der Waals surface area contributed by atoms with E-state index in [9.17, 15) is 4.79 Å². The molecule has 2 aromatic carbocycles. The van der Waals surface area contributed by atoms with E-state index >= 15 is 0 Å². The van der Waals surface area contributed by atoms with E-state index in [1.54, 1.807) is 0 Å². The number of amides is 2. The summed E-state index contributed by atoms with van der Waals surface area (Å²) < 4.78 is 5.93. The first-order valence-electron chi connectivity index (χ1n) is 9.33. The maximum Gasteiger partial charge on any atom is 0.319 e. The van der Waals surface area contributed by atoms with Crippen LogP contribution < -0.4 is 15.4 Å². The highest BCUT2D eigenvalue weighted by atomic mass is 16.5. The average Bonchev–Trinajstić information content (AvgIpc) is 2.61. The Bertz CT molecular complexity index is 713. The van der Waals surface area contributed by atoms with Crippen LogP contribution >= 0.6 is 0 Å². The molecule has 0 radical (unpaired) electrons. The number of urea groups is 1. The molecule has 1 atom stereocenters. The van der Waals surface area contributed by atoms with Crippen molar-refractivity contribution in [1.82, 2.24) is 5.32 Å². The van der Waals surface area contributed by atoms with Crippen molar-refractivity contribution in [3.63, 3.8) is 0 Å². The Morgan fingerprint density at radius 3 is 2.08 bits per heavy atom. The van der Waals surface area contributed by atoms with Gasteiger partial charge in [0.25, 0.3) is 0 Å². The van der Waals surface area contributed by atoms with Gasteiger partial charge in [0.1, 0.15) is 12.4 Å². The molecule has 0 aromatic heterocycles. The molecule has 140 valence electrons. The Hall–Kier alpha value is -2.49. The van der Waals surface area contributed by atoms with Crippen molar-refractivity contribution in [1.29, 1.82) is 0 Å². The lowest BCUT2D eigenvalue weighted by molar-refractivity contribution is 0.236. The van der Waals surface area contributed by atoms with Gasteiger partial charge in [-0.1, -0.05) is 50.2 Å². The first-order chi connectivity index (χ1) is 12.5. The molecule has 0 saturated heterocycles. The van der Waals surface area contributed by atoms with Gasteiger partial charge in [0, 0.05) is 5.69 Å². The zero-order valence-corrected chi connectivity index (χ0v) is 16.5. The van der Waals surface area contributed by atoms with Crippen LogP contribution in [0.1, 0.15) is 43.0 Å². The van der Waals surface area contributed by atoms with E-state index in [0.29, 0.717) is 6.61 Å². The van der Waals surface area contributed by atoms with Gasteiger partial charge in [-0.3, -0.25) is 0 Å². The quantitative estimate of drug-likeness (QED) is 0.734. The third-order valence-electron chi connectivity index (χ3n) is 4.50. The number of carbonyl (C=O) groups excluding carboxylic acids is 1. The molecule has 0 saturated carbocycles. The molecule has 2 amide bonds. The lowest BCUT2D eigenvalue weighted by atomic mass is 10.0. The van der Waals surface area contributed by atoms with E-state index in [-0.39, 0.29) is 12.1 Å². The Kier molecular flexibility index (Phi) is 7.07. The lowest BCUT2D eigenvalue weighted by Crippen LogP contribution is -2.40. The molecule has 0 heterocycles. The number of carbonyl (C=O) groups is 1. The van der Waals surface area contributed by atoms with E-state index in [1.807, 2.05) is 45.0 Å². The van der Waals surface area contributed by atoms with Crippen molar-refractivity contribution in [2.75, 3.05) is 11.9 Å². The summed E-state index contributed by atoms with van der Waals surface area (Å²) in [6, 6.07) is 11.9. The maximum absolute atomic E-state index is 12.4. The molecule has 0 fully saturated rings. The second-order valence-corrected chi connectivity index (χ2v) is 6.69. The van der Waals surface area contributed by atoms with Gasteiger partial charge in [-0.25, -0.2) is 4.79 Å². The van der Waals surface area contributed by atoms with Crippen molar-refractivity contribution in [2.24, 2.45) is 0 Å². The van der Waals surface area contributed by atoms with Gasteiger partial charge in [-0.15, -0.1) is 0 Å². The van der Waals surface area contributed by atoms with Crippen LogP contribution in [0, 0.1) is 13.8 Å². The summed E-state index contributed by atoms with van der Waals surface area (Å²) in [5, 5.41) is 5.99. The van der Waals surface area contributed by atoms with Crippen molar-refractivity contribution in [3.8, 4) is 5.75 Å². The first kappa shape index (κ1) is 19.8. The zero-order valence-electron chi connectivity index (χ0n) is 16.5. The molecule has 2 aromatic rings. The number of nitrogens with one attached hydrogen (secondary N) is 2. The molecular formula is C22H30N2O2. The minimum absolute atomic E-state index is 0.104. The topological polar surface area (TPSA) is 50.4 Å². The van der Waals surface area contributed by atoms with Crippen molar-refractivity contribution in [3.05, 3.63) is 58.7 Å². The summed E-state index contributed by atoms with van der Waals surface area (Å²) in [4.78, 5) is 12.4. The summed E-state index contributed by atoms with van der Waals surface area (Å²) in [6.07, 6.45) is 1.77. The fraction of sp³-hybridized carbons (Fsp3) is 0.409. The highest BCUT2D eigenvalue weighted by Crippen LogP contribution is 2.23. The number of anilines is 1. The molecule has 0 bridgehead atoms. The van der Waals surface area contributed by atoms with Gasteiger partial charge in [-0.05, 0) is 55.9 Å². The molecule has 0 aliphatic heterocycles. The molecule has 1 unspecified atom stereocenters. The number of benzene rings is 2. The van der Waals surface area contributed by atoms with Crippen LogP contribution in [0.3, 0.4) is 0 Å². The number of hydrogen-bond donors (Lipinski definition) is 2. The van der Waals surface area contributed by atoms with Crippen LogP contribution in [0.2, 0.25) is 0 Å². The van der Waals surface area contributed by atoms with E-state index in [2.05, 4.69) is 36.6 Å². The predicted octanol–water partition coefficient (Wildman–Crippen LogP) is 5.02. The molecule has 2 N–H and O–H groups in total. The van der Waals surface area contributed by atoms with Gasteiger partial charge in [0.05, 0.1) is 6.04 Å². The molecular weight excluding hydrogens is 324 g/mol. The van der Waals surface area contributed by atoms with Gasteiger partial charge in [-0.2, -0.15) is 0 Å². The number of para-hydroxylation sites is 2. The number of aryl methyl sites for hydroxylation is 4. The normalized spacial score (nSPS) is 11.7. The van der Waals surface area contributed by atoms with Crippen LogP contribution in [0.25, 0.3) is 0 Å². The van der Waals surface area contributed by atoms with Gasteiger partial charge >= 0.3 is 6.03 Å². The van der Waals surface area contributed by atoms with E-state index < -0.39 is 0 Å². The van der Waals surface area contributed by atoms with Crippen LogP contribution in [0.4, 0.5) is 10.5 Å². The Morgan fingerprint density at radius 1 is 1.00 bits per heavy atom. The van der Waals surface area contributed by atoms with Crippen molar-refractivity contribution < 1.29 is 9.53 Å². The number of hydrogen-bond acceptors (Lipinski definition) is 2. The SMILES string of the molecule is CCc1cccc(CC)c1NC(=O)NC(C)COc1c(C)cccc1C. The molecule has 26 heavy (non-hydrogen) atoms. The molecule has 4 nitrogen and oxygen atoms in total. The summed E-state index contributed by atoms with van der Waals surface area (Å²) in [7, 11) is 0. The van der Waals surface area contributed by atoms with Crippen LogP contribution in [0.15, 0.2) is 36.4 Å². The Labute approximate surface area is 157 Å². The molecule has 0 aliphatic carbocycles. The largest absolute Gasteiger partial charge is 0.491 e. The van der Waals surface area contributed by atoms with E-state index in [4.69, 9.17) is 4.74 Å². The van der Waals surface area contributed by atoms with Crippen LogP contribution in [-0.2, 0) is 12.8 Å². The van der Waals surface area contributed by atoms with Crippen molar-refractivity contribution in [2.45, 2.75) is 53.5 Å². The molecule has 0 spiro atoms. The zero-order chi connectivity index (χ0) is 19.1. The summed E-state index contributed by atoms with van der Waals surface area (Å²) >= 11 is 0. The van der Waals surface area contributed by atoms with Gasteiger partial charge in [0.2, 0.25) is 0 Å². The summed E-state index contributed by atoms with van der Waals surface area (Å²) in [6.45, 7) is 10.6. The van der Waals surface area contributed by atoms with Crippen LogP contribution in [-0.4, -0.2) is 18.7 Å². The molecule has 0 aliphatic rings. The fourth-order valence-corrected chi connectivity index (χ4v) is 3.05. The predicted molar refractivity (Wildman–Crippen MR) is 108 cm³/mol. The first-order valence-corrected chi connectivity index (χ1v) is 9.33. The number of ether oxygens (including phenoxy) is 1. The average molecular weight is 354 g/mol. The smallest absolute Gasteiger partial charge is 0.319 e. The maximum atomic E-state index is 12.4. The van der Waals surface area contributed by atoms with Crippen LogP contribution in [0.5, 0.6) is 5.75 Å². The van der Waals surface area contributed by atoms with Gasteiger partial charge in [0.15, 0.2) is 0 Å². The monoisotopic (exact) mass is 354 g/mol. The Morgan fingerprint density at radius 2 is 1.54 bits per heavy atom. The van der Waals surface area contributed by atoms with E-state index in [0.717, 1.165) is 46.5 Å². The highest BCUT2D eigenvalue weighted by molar-refractivity contribution is 5.91. The van der Waals surface area contributed by atoms with E-state index in [1.165, 1.54) is 0 Å². The minimum atomic E-state index is -0.196. The standard InChI is InChI=1S/C22H30N2O2/c1-6-18-12-9-13-19(7-2)20(18)24-22(25)23-17(5)14-26-21-15(3)10-8-11-16(21)4/h8-13,17H,6-7,14H2,1-5H3,(H2,23,24,25). The highest BCUT2D eigenvalue weighted by Gasteiger charge is 2.13. The van der Waals surface area contributed by atoms with Crippen molar-refractivity contribution >= 4 is 11.7 Å². The van der Waals surface area contributed by atoms with Gasteiger partial charge < -0.3 is 15.4 Å². The summed E-state index contributed by atoms with van der Waals surface area (Å²) in [5.74, 6) is 0.895. The Balaban J connectivity index is 1.96. The molecule has 2 rings (SSSR count). The fourth-order valence-electron chi connectivity index (χ4n) is 3.05. The second-order valence-electron chi connectivity index (χ2n) is 6.69. The number of rotatable bonds is 7. The third-order valence-corrected chi connectivity index (χ3v) is 4.50. The second kappa shape index (κ2) is 9.27. The third kappa shape index (κ3) is 5.01. The molecule has 4 heteroatoms. The minimum Gasteiger partial charge on any atom is -0.491 e. The lowest BCUT2D eigenvalue weighted by Gasteiger charge is -2.19. The summed E-state index contributed by atoms with van der Waals surface area (Å²) in [5.41, 5.74) is 5.44.